The van der Waals surface area contributed by atoms with Crippen molar-refractivity contribution in [1.82, 2.24) is 10.3 Å². The molecule has 1 aliphatic heterocycles. The molecule has 1 aromatic heterocycles. The van der Waals surface area contributed by atoms with Gasteiger partial charge in [0.2, 0.25) is 0 Å². The molecule has 0 radical (unpaired) electrons. The first-order valence-corrected chi connectivity index (χ1v) is 8.45. The standard InChI is InChI=1S/C19H23N3O2/c1-2-14-5-7-16(8-6-14)22-17-10-15(11-20-12-17)19(23)21-13-18-4-3-9-24-18/h5-8,10-12,18,22H,2-4,9,13H2,1H3,(H,21,23). The number of aromatic nitrogens is 1. The van der Waals surface area contributed by atoms with Gasteiger partial charge in [0.25, 0.3) is 5.91 Å². The Balaban J connectivity index is 1.60. The lowest BCUT2D eigenvalue weighted by Gasteiger charge is -2.12. The van der Waals surface area contributed by atoms with Gasteiger partial charge in [0.05, 0.1) is 23.6 Å². The summed E-state index contributed by atoms with van der Waals surface area (Å²) in [7, 11) is 0. The summed E-state index contributed by atoms with van der Waals surface area (Å²) in [6.07, 6.45) is 6.52. The van der Waals surface area contributed by atoms with Crippen molar-refractivity contribution in [3.8, 4) is 0 Å². The highest BCUT2D eigenvalue weighted by Crippen LogP contribution is 2.18. The number of rotatable bonds is 6. The summed E-state index contributed by atoms with van der Waals surface area (Å²) in [5, 5.41) is 6.20. The van der Waals surface area contributed by atoms with Crippen molar-refractivity contribution in [2.75, 3.05) is 18.5 Å². The van der Waals surface area contributed by atoms with Crippen LogP contribution >= 0.6 is 0 Å². The van der Waals surface area contributed by atoms with Crippen LogP contribution in [0.3, 0.4) is 0 Å². The third-order valence-corrected chi connectivity index (χ3v) is 4.17. The van der Waals surface area contributed by atoms with Gasteiger partial charge in [0.15, 0.2) is 0 Å². The Labute approximate surface area is 142 Å². The van der Waals surface area contributed by atoms with Crippen molar-refractivity contribution in [3.05, 3.63) is 53.9 Å². The number of pyridine rings is 1. The molecule has 1 amide bonds. The first-order chi connectivity index (χ1) is 11.7. The highest BCUT2D eigenvalue weighted by molar-refractivity contribution is 5.94. The van der Waals surface area contributed by atoms with Gasteiger partial charge in [-0.1, -0.05) is 19.1 Å². The lowest BCUT2D eigenvalue weighted by Crippen LogP contribution is -2.31. The normalized spacial score (nSPS) is 16.8. The summed E-state index contributed by atoms with van der Waals surface area (Å²) in [5.41, 5.74) is 3.61. The van der Waals surface area contributed by atoms with Crippen LogP contribution in [0.15, 0.2) is 42.7 Å². The van der Waals surface area contributed by atoms with Crippen LogP contribution in [-0.4, -0.2) is 30.1 Å². The Bertz CT molecular complexity index is 679. The number of hydrogen-bond acceptors (Lipinski definition) is 4. The van der Waals surface area contributed by atoms with E-state index in [1.54, 1.807) is 12.4 Å². The summed E-state index contributed by atoms with van der Waals surface area (Å²) in [5.74, 6) is -0.122. The van der Waals surface area contributed by atoms with Crippen molar-refractivity contribution >= 4 is 17.3 Å². The molecule has 0 aliphatic carbocycles. The van der Waals surface area contributed by atoms with Crippen molar-refractivity contribution in [3.63, 3.8) is 0 Å². The van der Waals surface area contributed by atoms with E-state index in [1.807, 2.05) is 18.2 Å². The number of benzene rings is 1. The number of carbonyl (C=O) groups is 1. The third kappa shape index (κ3) is 4.32. The van der Waals surface area contributed by atoms with Crippen LogP contribution in [0.5, 0.6) is 0 Å². The van der Waals surface area contributed by atoms with Gasteiger partial charge in [0, 0.05) is 25.0 Å². The predicted octanol–water partition coefficient (Wildman–Crippen LogP) is 3.30. The highest BCUT2D eigenvalue weighted by atomic mass is 16.5. The van der Waals surface area contributed by atoms with Gasteiger partial charge in [-0.05, 0) is 43.0 Å². The molecular weight excluding hydrogens is 302 g/mol. The van der Waals surface area contributed by atoms with Crippen molar-refractivity contribution < 1.29 is 9.53 Å². The molecule has 5 nitrogen and oxygen atoms in total. The Hall–Kier alpha value is -2.40. The van der Waals surface area contributed by atoms with Gasteiger partial charge in [-0.2, -0.15) is 0 Å². The van der Waals surface area contributed by atoms with Gasteiger partial charge < -0.3 is 15.4 Å². The second-order valence-electron chi connectivity index (χ2n) is 5.98. The van der Waals surface area contributed by atoms with Gasteiger partial charge in [0.1, 0.15) is 0 Å². The molecule has 1 saturated heterocycles. The van der Waals surface area contributed by atoms with Gasteiger partial charge in [-0.15, -0.1) is 0 Å². The van der Waals surface area contributed by atoms with E-state index in [-0.39, 0.29) is 12.0 Å². The van der Waals surface area contributed by atoms with Crippen LogP contribution in [0.25, 0.3) is 0 Å². The zero-order valence-corrected chi connectivity index (χ0v) is 13.9. The highest BCUT2D eigenvalue weighted by Gasteiger charge is 2.16. The predicted molar refractivity (Wildman–Crippen MR) is 94.6 cm³/mol. The third-order valence-electron chi connectivity index (χ3n) is 4.17. The Morgan fingerprint density at radius 2 is 2.08 bits per heavy atom. The van der Waals surface area contributed by atoms with E-state index in [1.165, 1.54) is 5.56 Å². The Kier molecular flexibility index (Phi) is 5.43. The minimum atomic E-state index is -0.122. The minimum absolute atomic E-state index is 0.122. The van der Waals surface area contributed by atoms with Gasteiger partial charge in [-0.3, -0.25) is 9.78 Å². The SMILES string of the molecule is CCc1ccc(Nc2cncc(C(=O)NCC3CCCO3)c2)cc1. The average Bonchev–Trinajstić information content (AvgIpc) is 3.14. The molecule has 0 spiro atoms. The maximum absolute atomic E-state index is 12.3. The number of nitrogens with zero attached hydrogens (tertiary/aromatic N) is 1. The average molecular weight is 325 g/mol. The van der Waals surface area contributed by atoms with Crippen LogP contribution in [-0.2, 0) is 11.2 Å². The fraction of sp³-hybridized carbons (Fsp3) is 0.368. The maximum atomic E-state index is 12.3. The molecule has 1 aliphatic rings. The lowest BCUT2D eigenvalue weighted by molar-refractivity contribution is 0.0857. The molecule has 1 unspecified atom stereocenters. The molecule has 2 N–H and O–H groups in total. The molecule has 1 aromatic carbocycles. The molecule has 5 heteroatoms. The molecular formula is C19H23N3O2. The van der Waals surface area contributed by atoms with Crippen molar-refractivity contribution in [2.45, 2.75) is 32.3 Å². The van der Waals surface area contributed by atoms with E-state index in [4.69, 9.17) is 4.74 Å². The van der Waals surface area contributed by atoms with Crippen molar-refractivity contribution in [1.29, 1.82) is 0 Å². The molecule has 3 rings (SSSR count). The van der Waals surface area contributed by atoms with E-state index in [0.29, 0.717) is 12.1 Å². The van der Waals surface area contributed by atoms with Crippen LogP contribution in [0.2, 0.25) is 0 Å². The second-order valence-corrected chi connectivity index (χ2v) is 5.98. The summed E-state index contributed by atoms with van der Waals surface area (Å²) >= 11 is 0. The van der Waals surface area contributed by atoms with Crippen LogP contribution < -0.4 is 10.6 Å². The monoisotopic (exact) mass is 325 g/mol. The summed E-state index contributed by atoms with van der Waals surface area (Å²) < 4.78 is 5.52. The zero-order valence-electron chi connectivity index (χ0n) is 13.9. The second kappa shape index (κ2) is 7.93. The molecule has 0 bridgehead atoms. The summed E-state index contributed by atoms with van der Waals surface area (Å²) in [4.78, 5) is 16.4. The maximum Gasteiger partial charge on any atom is 0.253 e. The summed E-state index contributed by atoms with van der Waals surface area (Å²) in [6, 6.07) is 10.1. The minimum Gasteiger partial charge on any atom is -0.376 e. The smallest absolute Gasteiger partial charge is 0.253 e. The first kappa shape index (κ1) is 16.5. The zero-order chi connectivity index (χ0) is 16.8. The largest absolute Gasteiger partial charge is 0.376 e. The Morgan fingerprint density at radius 1 is 1.25 bits per heavy atom. The number of aryl methyl sites for hydroxylation is 1. The molecule has 2 aromatic rings. The van der Waals surface area contributed by atoms with Crippen LogP contribution in [0, 0.1) is 0 Å². The lowest BCUT2D eigenvalue weighted by atomic mass is 10.1. The molecule has 24 heavy (non-hydrogen) atoms. The topological polar surface area (TPSA) is 63.2 Å². The summed E-state index contributed by atoms with van der Waals surface area (Å²) in [6.45, 7) is 3.47. The van der Waals surface area contributed by atoms with Crippen LogP contribution in [0.1, 0.15) is 35.7 Å². The van der Waals surface area contributed by atoms with Gasteiger partial charge in [-0.25, -0.2) is 0 Å². The van der Waals surface area contributed by atoms with E-state index >= 15 is 0 Å². The number of anilines is 2. The number of nitrogens with one attached hydrogen (secondary N) is 2. The van der Waals surface area contributed by atoms with Crippen molar-refractivity contribution in [2.24, 2.45) is 0 Å². The number of hydrogen-bond donors (Lipinski definition) is 2. The van der Waals surface area contributed by atoms with E-state index in [2.05, 4.69) is 34.7 Å². The molecule has 1 atom stereocenters. The first-order valence-electron chi connectivity index (χ1n) is 8.45. The fourth-order valence-electron chi connectivity index (χ4n) is 2.74. The van der Waals surface area contributed by atoms with E-state index in [9.17, 15) is 4.79 Å². The quantitative estimate of drug-likeness (QED) is 0.855. The Morgan fingerprint density at radius 3 is 2.79 bits per heavy atom. The van der Waals surface area contributed by atoms with Crippen LogP contribution in [0.4, 0.5) is 11.4 Å². The van der Waals surface area contributed by atoms with E-state index in [0.717, 1.165) is 37.2 Å². The molecule has 1 fully saturated rings. The number of carbonyl (C=O) groups excluding carboxylic acids is 1. The number of amides is 1. The number of ether oxygens (including phenoxy) is 1. The molecule has 126 valence electrons. The molecule has 0 saturated carbocycles. The van der Waals surface area contributed by atoms with E-state index < -0.39 is 0 Å². The van der Waals surface area contributed by atoms with Gasteiger partial charge >= 0.3 is 0 Å². The fourth-order valence-corrected chi connectivity index (χ4v) is 2.74. The molecule has 2 heterocycles.